The smallest absolute Gasteiger partial charge is 0.320 e. The van der Waals surface area contributed by atoms with Crippen LogP contribution in [0.5, 0.6) is 0 Å². The molecule has 6 nitrogen and oxygen atoms in total. The van der Waals surface area contributed by atoms with E-state index in [-0.39, 0.29) is 12.8 Å². The lowest BCUT2D eigenvalue weighted by Crippen LogP contribution is -2.30. The van der Waals surface area contributed by atoms with Crippen molar-refractivity contribution in [2.75, 3.05) is 0 Å². The van der Waals surface area contributed by atoms with Crippen molar-refractivity contribution < 1.29 is 24.6 Å². The topological polar surface area (TPSA) is 118 Å². The molecule has 0 fully saturated rings. The summed E-state index contributed by atoms with van der Waals surface area (Å²) in [4.78, 5) is 28.7. The Kier molecular flexibility index (Phi) is 9.41. The molecule has 1 atom stereocenters. The van der Waals surface area contributed by atoms with Crippen LogP contribution in [-0.4, -0.2) is 34.5 Å². The van der Waals surface area contributed by atoms with Gasteiger partial charge < -0.3 is 20.7 Å². The number of carbonyl (C=O) groups is 3. The lowest BCUT2D eigenvalue weighted by Gasteiger charge is -2.01. The van der Waals surface area contributed by atoms with Crippen molar-refractivity contribution in [1.29, 1.82) is 0 Å². The third-order valence-electron chi connectivity index (χ3n) is 0.986. The van der Waals surface area contributed by atoms with Crippen molar-refractivity contribution in [3.63, 3.8) is 0 Å². The molecule has 0 aromatic rings. The molecule has 0 radical (unpaired) electrons. The Labute approximate surface area is 75.3 Å². The van der Waals surface area contributed by atoms with Crippen molar-refractivity contribution in [3.05, 3.63) is 0 Å². The summed E-state index contributed by atoms with van der Waals surface area (Å²) < 4.78 is 0. The summed E-state index contributed by atoms with van der Waals surface area (Å²) in [5.74, 6) is -2.20. The largest absolute Gasteiger partial charge is 0.481 e. The second-order valence-corrected chi connectivity index (χ2v) is 2.11. The predicted octanol–water partition coefficient (Wildman–Crippen LogP) is -0.532. The van der Waals surface area contributed by atoms with E-state index in [2.05, 4.69) is 0 Å². The molecule has 6 heteroatoms. The highest BCUT2D eigenvalue weighted by molar-refractivity contribution is 5.74. The fourth-order valence-electron chi connectivity index (χ4n) is 0.402. The molecular formula is C7H13NO5. The van der Waals surface area contributed by atoms with Crippen LogP contribution in [0.4, 0.5) is 0 Å². The maximum Gasteiger partial charge on any atom is 0.320 e. The summed E-state index contributed by atoms with van der Waals surface area (Å²) in [5, 5.41) is 16.3. The normalized spacial score (nSPS) is 10.6. The quantitative estimate of drug-likeness (QED) is 0.514. The van der Waals surface area contributed by atoms with Gasteiger partial charge >= 0.3 is 11.9 Å². The Morgan fingerprint density at radius 1 is 1.46 bits per heavy atom. The molecule has 76 valence electrons. The van der Waals surface area contributed by atoms with E-state index >= 15 is 0 Å². The fraction of sp³-hybridized carbons (Fsp3) is 0.571. The molecule has 0 amide bonds. The maximum atomic E-state index is 9.99. The number of nitrogens with two attached hydrogens (primary N) is 1. The number of carboxylic acid groups (broad SMARTS) is 2. The lowest BCUT2D eigenvalue weighted by atomic mass is 10.2. The van der Waals surface area contributed by atoms with Crippen LogP contribution in [0, 0.1) is 0 Å². The van der Waals surface area contributed by atoms with E-state index in [1.807, 2.05) is 0 Å². The van der Waals surface area contributed by atoms with E-state index in [9.17, 15) is 9.59 Å². The van der Waals surface area contributed by atoms with Crippen LogP contribution in [0.2, 0.25) is 0 Å². The van der Waals surface area contributed by atoms with Crippen LogP contribution >= 0.6 is 0 Å². The number of carboxylic acids is 2. The SMILES string of the molecule is CC=O.N[C@@H](CCC(=O)O)C(=O)O. The minimum atomic E-state index is -1.17. The fourth-order valence-corrected chi connectivity index (χ4v) is 0.402. The monoisotopic (exact) mass is 191 g/mol. The van der Waals surface area contributed by atoms with Crippen LogP contribution in [0.15, 0.2) is 0 Å². The molecule has 0 aromatic carbocycles. The number of aldehydes is 1. The van der Waals surface area contributed by atoms with Gasteiger partial charge in [0.05, 0.1) is 0 Å². The van der Waals surface area contributed by atoms with Crippen molar-refractivity contribution in [3.8, 4) is 0 Å². The molecular weight excluding hydrogens is 178 g/mol. The van der Waals surface area contributed by atoms with Gasteiger partial charge in [0.15, 0.2) is 0 Å². The van der Waals surface area contributed by atoms with Gasteiger partial charge in [0.1, 0.15) is 12.3 Å². The molecule has 0 rings (SSSR count). The van der Waals surface area contributed by atoms with Gasteiger partial charge in [0.2, 0.25) is 0 Å². The average Bonchev–Trinajstić information content (AvgIpc) is 2.01. The van der Waals surface area contributed by atoms with Crippen molar-refractivity contribution in [1.82, 2.24) is 0 Å². The van der Waals surface area contributed by atoms with E-state index in [1.54, 1.807) is 0 Å². The second kappa shape index (κ2) is 8.66. The average molecular weight is 191 g/mol. The Morgan fingerprint density at radius 3 is 2.08 bits per heavy atom. The summed E-state index contributed by atoms with van der Waals surface area (Å²) >= 11 is 0. The highest BCUT2D eigenvalue weighted by Gasteiger charge is 2.12. The molecule has 0 aliphatic heterocycles. The predicted molar refractivity (Wildman–Crippen MR) is 44.2 cm³/mol. The first-order valence-electron chi connectivity index (χ1n) is 3.55. The molecule has 0 heterocycles. The first-order chi connectivity index (χ1) is 5.95. The lowest BCUT2D eigenvalue weighted by molar-refractivity contribution is -0.139. The highest BCUT2D eigenvalue weighted by atomic mass is 16.4. The molecule has 0 aliphatic carbocycles. The highest BCUT2D eigenvalue weighted by Crippen LogP contribution is 1.93. The van der Waals surface area contributed by atoms with Crippen LogP contribution in [0.25, 0.3) is 0 Å². The number of hydrogen-bond donors (Lipinski definition) is 3. The second-order valence-electron chi connectivity index (χ2n) is 2.11. The maximum absolute atomic E-state index is 9.99. The zero-order chi connectivity index (χ0) is 10.9. The molecule has 0 saturated heterocycles. The molecule has 0 bridgehead atoms. The zero-order valence-electron chi connectivity index (χ0n) is 7.27. The Bertz CT molecular complexity index is 180. The third-order valence-corrected chi connectivity index (χ3v) is 0.986. The molecule has 13 heavy (non-hydrogen) atoms. The van der Waals surface area contributed by atoms with Gasteiger partial charge in [-0.05, 0) is 13.3 Å². The van der Waals surface area contributed by atoms with Crippen molar-refractivity contribution in [2.45, 2.75) is 25.8 Å². The number of carbonyl (C=O) groups excluding carboxylic acids is 1. The number of aliphatic carboxylic acids is 2. The van der Waals surface area contributed by atoms with E-state index < -0.39 is 18.0 Å². The number of rotatable bonds is 4. The Morgan fingerprint density at radius 2 is 1.85 bits per heavy atom. The summed E-state index contributed by atoms with van der Waals surface area (Å²) in [7, 11) is 0. The third kappa shape index (κ3) is 13.5. The van der Waals surface area contributed by atoms with E-state index in [1.165, 1.54) is 6.92 Å². The van der Waals surface area contributed by atoms with E-state index in [0.29, 0.717) is 0 Å². The van der Waals surface area contributed by atoms with Gasteiger partial charge in [-0.2, -0.15) is 0 Å². The van der Waals surface area contributed by atoms with E-state index in [0.717, 1.165) is 6.29 Å². The first-order valence-corrected chi connectivity index (χ1v) is 3.55. The van der Waals surface area contributed by atoms with Crippen molar-refractivity contribution >= 4 is 18.2 Å². The van der Waals surface area contributed by atoms with Crippen LogP contribution in [0.3, 0.4) is 0 Å². The van der Waals surface area contributed by atoms with Crippen LogP contribution in [0.1, 0.15) is 19.8 Å². The number of hydrogen-bond acceptors (Lipinski definition) is 4. The first kappa shape index (κ1) is 14.1. The molecule has 0 aliphatic rings. The molecule has 0 spiro atoms. The minimum absolute atomic E-state index is 0.0231. The summed E-state index contributed by atoms with van der Waals surface area (Å²) in [6, 6.07) is -1.06. The molecule has 0 aromatic heterocycles. The zero-order valence-corrected chi connectivity index (χ0v) is 7.27. The van der Waals surface area contributed by atoms with Gasteiger partial charge in [-0.25, -0.2) is 0 Å². The summed E-state index contributed by atoms with van der Waals surface area (Å²) in [6.07, 6.45) is 0.526. The molecule has 0 saturated carbocycles. The van der Waals surface area contributed by atoms with Crippen LogP contribution in [-0.2, 0) is 14.4 Å². The molecule has 4 N–H and O–H groups in total. The summed E-state index contributed by atoms with van der Waals surface area (Å²) in [6.45, 7) is 1.44. The summed E-state index contributed by atoms with van der Waals surface area (Å²) in [5.41, 5.74) is 5.00. The van der Waals surface area contributed by atoms with Gasteiger partial charge in [-0.3, -0.25) is 9.59 Å². The minimum Gasteiger partial charge on any atom is -0.481 e. The van der Waals surface area contributed by atoms with Crippen LogP contribution < -0.4 is 5.73 Å². The Hall–Kier alpha value is -1.43. The Balaban J connectivity index is 0. The van der Waals surface area contributed by atoms with Crippen molar-refractivity contribution in [2.24, 2.45) is 5.73 Å². The van der Waals surface area contributed by atoms with Gasteiger partial charge in [-0.15, -0.1) is 0 Å². The van der Waals surface area contributed by atoms with Gasteiger partial charge in [0, 0.05) is 6.42 Å². The molecule has 0 unspecified atom stereocenters. The standard InChI is InChI=1S/C5H9NO4.C2H4O/c6-3(5(9)10)1-2-4(7)8;1-2-3/h3H,1-2,6H2,(H,7,8)(H,9,10);2H,1H3/t3-;/m0./s1. The van der Waals surface area contributed by atoms with Gasteiger partial charge in [0.25, 0.3) is 0 Å². The van der Waals surface area contributed by atoms with Gasteiger partial charge in [-0.1, -0.05) is 0 Å². The van der Waals surface area contributed by atoms with E-state index in [4.69, 9.17) is 20.7 Å².